The van der Waals surface area contributed by atoms with Gasteiger partial charge in [-0.1, -0.05) is 54.1 Å². The number of benzene rings is 3. The van der Waals surface area contributed by atoms with Gasteiger partial charge >= 0.3 is 0 Å². The molecule has 1 amide bonds. The Morgan fingerprint density at radius 2 is 1.91 bits per heavy atom. The number of thiazole rings is 1. The number of halogens is 1. The van der Waals surface area contributed by atoms with Crippen LogP contribution < -0.4 is 10.1 Å². The minimum Gasteiger partial charge on any atom is -0.483 e. The maximum atomic E-state index is 12.5. The van der Waals surface area contributed by atoms with Crippen molar-refractivity contribution in [1.82, 2.24) is 9.88 Å². The fraction of sp³-hybridized carbons (Fsp3) is 0.185. The molecule has 34 heavy (non-hydrogen) atoms. The van der Waals surface area contributed by atoms with Gasteiger partial charge in [-0.25, -0.2) is 4.98 Å². The van der Waals surface area contributed by atoms with Gasteiger partial charge in [0.1, 0.15) is 10.8 Å². The number of hydrogen-bond acceptors (Lipinski definition) is 5. The highest BCUT2D eigenvalue weighted by Gasteiger charge is 2.17. The normalized spacial score (nSPS) is 11.9. The van der Waals surface area contributed by atoms with E-state index in [9.17, 15) is 4.79 Å². The molecule has 7 heteroatoms. The zero-order valence-electron chi connectivity index (χ0n) is 19.1. The van der Waals surface area contributed by atoms with Crippen LogP contribution in [0.2, 0.25) is 5.02 Å². The molecule has 0 fully saturated rings. The molecule has 174 valence electrons. The number of hydrogen-bond donors (Lipinski definition) is 1. The smallest absolute Gasteiger partial charge is 0.262 e. The first-order chi connectivity index (χ1) is 16.5. The van der Waals surface area contributed by atoms with Crippen LogP contribution in [0.1, 0.15) is 23.5 Å². The molecular formula is C27H26ClN3O2S. The van der Waals surface area contributed by atoms with Crippen molar-refractivity contribution < 1.29 is 9.53 Å². The molecule has 4 rings (SSSR count). The van der Waals surface area contributed by atoms with Gasteiger partial charge in [-0.3, -0.25) is 9.69 Å². The fourth-order valence-corrected chi connectivity index (χ4v) is 4.55. The lowest BCUT2D eigenvalue weighted by Gasteiger charge is -2.24. The number of amides is 1. The molecule has 0 unspecified atom stereocenters. The molecule has 0 radical (unpaired) electrons. The Hall–Kier alpha value is -3.19. The number of nitrogens with one attached hydrogen (secondary N) is 1. The molecular weight excluding hydrogens is 466 g/mol. The van der Waals surface area contributed by atoms with Crippen molar-refractivity contribution in [2.45, 2.75) is 19.5 Å². The zero-order chi connectivity index (χ0) is 23.9. The van der Waals surface area contributed by atoms with Crippen LogP contribution in [0.4, 0.5) is 5.69 Å². The second-order valence-electron chi connectivity index (χ2n) is 8.00. The number of rotatable bonds is 9. The Kier molecular flexibility index (Phi) is 7.95. The van der Waals surface area contributed by atoms with E-state index < -0.39 is 0 Å². The predicted molar refractivity (Wildman–Crippen MR) is 139 cm³/mol. The summed E-state index contributed by atoms with van der Waals surface area (Å²) in [6.07, 6.45) is 1.83. The van der Waals surface area contributed by atoms with Crippen LogP contribution in [0.25, 0.3) is 11.1 Å². The maximum Gasteiger partial charge on any atom is 0.262 e. The minimum absolute atomic E-state index is 0.101. The summed E-state index contributed by atoms with van der Waals surface area (Å²) in [6.45, 7) is 2.68. The molecule has 1 N–H and O–H groups in total. The molecule has 0 bridgehead atoms. The Balaban J connectivity index is 1.52. The van der Waals surface area contributed by atoms with Crippen LogP contribution >= 0.6 is 22.9 Å². The van der Waals surface area contributed by atoms with Gasteiger partial charge in [0, 0.05) is 34.4 Å². The lowest BCUT2D eigenvalue weighted by atomic mass is 10.0. The highest BCUT2D eigenvalue weighted by Crippen LogP contribution is 2.30. The lowest BCUT2D eigenvalue weighted by Crippen LogP contribution is -2.23. The highest BCUT2D eigenvalue weighted by molar-refractivity contribution is 7.09. The first-order valence-corrected chi connectivity index (χ1v) is 12.2. The van der Waals surface area contributed by atoms with Gasteiger partial charge in [-0.2, -0.15) is 0 Å². The molecule has 4 aromatic rings. The Labute approximate surface area is 209 Å². The standard InChI is InChI=1S/C27H26ClN3O2S/c1-19(27-29-13-14-34-27)31(2)17-22-15-21(20-7-4-3-5-8-20)11-12-25(22)33-18-26(32)30-24-10-6-9-23(28)16-24/h3-16,19H,17-18H2,1-2H3,(H,30,32)/t19-/m0/s1. The summed E-state index contributed by atoms with van der Waals surface area (Å²) in [7, 11) is 2.07. The first-order valence-electron chi connectivity index (χ1n) is 11.0. The van der Waals surface area contributed by atoms with E-state index in [-0.39, 0.29) is 18.6 Å². The van der Waals surface area contributed by atoms with Crippen LogP contribution in [0.5, 0.6) is 5.75 Å². The van der Waals surface area contributed by atoms with Crippen LogP contribution in [-0.4, -0.2) is 29.4 Å². The minimum atomic E-state index is -0.245. The van der Waals surface area contributed by atoms with E-state index in [2.05, 4.69) is 47.4 Å². The van der Waals surface area contributed by atoms with E-state index in [0.29, 0.717) is 23.0 Å². The van der Waals surface area contributed by atoms with E-state index in [1.54, 1.807) is 35.6 Å². The van der Waals surface area contributed by atoms with E-state index >= 15 is 0 Å². The zero-order valence-corrected chi connectivity index (χ0v) is 20.6. The molecule has 0 aliphatic heterocycles. The molecule has 5 nitrogen and oxygen atoms in total. The van der Waals surface area contributed by atoms with E-state index in [1.165, 1.54) is 0 Å². The Bertz CT molecular complexity index is 1230. The second kappa shape index (κ2) is 11.3. The van der Waals surface area contributed by atoms with Gasteiger partial charge in [0.25, 0.3) is 5.91 Å². The number of carbonyl (C=O) groups is 1. The SMILES string of the molecule is C[C@@H](c1nccs1)N(C)Cc1cc(-c2ccccc2)ccc1OCC(=O)Nc1cccc(Cl)c1. The van der Waals surface area contributed by atoms with Gasteiger partial charge in [0.05, 0.1) is 6.04 Å². The van der Waals surface area contributed by atoms with E-state index in [1.807, 2.05) is 41.9 Å². The lowest BCUT2D eigenvalue weighted by molar-refractivity contribution is -0.118. The summed E-state index contributed by atoms with van der Waals surface area (Å²) in [5.74, 6) is 0.434. The Morgan fingerprint density at radius 1 is 1.09 bits per heavy atom. The monoisotopic (exact) mass is 491 g/mol. The van der Waals surface area contributed by atoms with Gasteiger partial charge in [0.15, 0.2) is 6.61 Å². The molecule has 1 aromatic heterocycles. The quantitative estimate of drug-likeness (QED) is 0.284. The van der Waals surface area contributed by atoms with Crippen LogP contribution in [-0.2, 0) is 11.3 Å². The number of nitrogens with zero attached hydrogens (tertiary/aromatic N) is 2. The van der Waals surface area contributed by atoms with Gasteiger partial charge < -0.3 is 10.1 Å². The molecule has 0 aliphatic carbocycles. The van der Waals surface area contributed by atoms with Crippen molar-refractivity contribution in [3.05, 3.63) is 100.0 Å². The molecule has 0 saturated carbocycles. The molecule has 1 heterocycles. The van der Waals surface area contributed by atoms with Crippen molar-refractivity contribution in [2.24, 2.45) is 0 Å². The topological polar surface area (TPSA) is 54.5 Å². The first kappa shape index (κ1) is 24.0. The van der Waals surface area contributed by atoms with Crippen molar-refractivity contribution in [2.75, 3.05) is 19.0 Å². The fourth-order valence-electron chi connectivity index (χ4n) is 3.60. The number of aromatic nitrogens is 1. The second-order valence-corrected chi connectivity index (χ2v) is 9.36. The van der Waals surface area contributed by atoms with Crippen molar-refractivity contribution in [3.8, 4) is 16.9 Å². The third-order valence-corrected chi connectivity index (χ3v) is 6.71. The van der Waals surface area contributed by atoms with Crippen LogP contribution in [0.15, 0.2) is 84.4 Å². The van der Waals surface area contributed by atoms with Crippen LogP contribution in [0.3, 0.4) is 0 Å². The highest BCUT2D eigenvalue weighted by atomic mass is 35.5. The average Bonchev–Trinajstić information content (AvgIpc) is 3.38. The summed E-state index contributed by atoms with van der Waals surface area (Å²) < 4.78 is 5.98. The maximum absolute atomic E-state index is 12.5. The average molecular weight is 492 g/mol. The van der Waals surface area contributed by atoms with E-state index in [0.717, 1.165) is 21.7 Å². The molecule has 3 aromatic carbocycles. The number of anilines is 1. The summed E-state index contributed by atoms with van der Waals surface area (Å²) in [5.41, 5.74) is 3.87. The summed E-state index contributed by atoms with van der Waals surface area (Å²) >= 11 is 7.65. The Morgan fingerprint density at radius 3 is 2.65 bits per heavy atom. The largest absolute Gasteiger partial charge is 0.483 e. The van der Waals surface area contributed by atoms with Crippen molar-refractivity contribution >= 4 is 34.5 Å². The molecule has 0 aliphatic rings. The van der Waals surface area contributed by atoms with Gasteiger partial charge in [-0.15, -0.1) is 11.3 Å². The molecule has 1 atom stereocenters. The van der Waals surface area contributed by atoms with Gasteiger partial charge in [-0.05, 0) is 55.4 Å². The molecule has 0 spiro atoms. The summed E-state index contributed by atoms with van der Waals surface area (Å²) in [4.78, 5) is 19.2. The third kappa shape index (κ3) is 6.23. The molecule has 0 saturated heterocycles. The number of carbonyl (C=O) groups excluding carboxylic acids is 1. The third-order valence-electron chi connectivity index (χ3n) is 5.52. The van der Waals surface area contributed by atoms with Crippen molar-refractivity contribution in [1.29, 1.82) is 0 Å². The summed E-state index contributed by atoms with van der Waals surface area (Å²) in [5, 5.41) is 6.44. The predicted octanol–water partition coefficient (Wildman–Crippen LogP) is 6.67. The van der Waals surface area contributed by atoms with Crippen molar-refractivity contribution in [3.63, 3.8) is 0 Å². The van der Waals surface area contributed by atoms with E-state index in [4.69, 9.17) is 16.3 Å². The van der Waals surface area contributed by atoms with Gasteiger partial charge in [0.2, 0.25) is 0 Å². The summed E-state index contributed by atoms with van der Waals surface area (Å²) in [6, 6.07) is 23.5. The number of ether oxygens (including phenoxy) is 1. The van der Waals surface area contributed by atoms with Crippen LogP contribution in [0, 0.1) is 0 Å².